The average molecular weight is 438 g/mol. The monoisotopic (exact) mass is 437 g/mol. The van der Waals surface area contributed by atoms with Gasteiger partial charge >= 0.3 is 6.18 Å². The van der Waals surface area contributed by atoms with Gasteiger partial charge in [-0.15, -0.1) is 0 Å². The zero-order valence-corrected chi connectivity index (χ0v) is 16.5. The standard InChI is InChI=1S/C18H19ClF3NO4S/c1-12-10-14(24)11-16(19)17(12)27-9-3-2-8-23-28(25,26)15-6-4-13(5-7-15)18(20,21)22/h4-7,10-11,23-24H,2-3,8-9H2,1H3. The third-order valence-electron chi connectivity index (χ3n) is 3.82. The van der Waals surface area contributed by atoms with Crippen molar-refractivity contribution in [1.29, 1.82) is 0 Å². The highest BCUT2D eigenvalue weighted by molar-refractivity contribution is 7.89. The molecule has 0 bridgehead atoms. The smallest absolute Gasteiger partial charge is 0.416 e. The topological polar surface area (TPSA) is 75.6 Å². The van der Waals surface area contributed by atoms with E-state index in [9.17, 15) is 26.7 Å². The lowest BCUT2D eigenvalue weighted by molar-refractivity contribution is -0.137. The number of aromatic hydroxyl groups is 1. The van der Waals surface area contributed by atoms with Gasteiger partial charge in [-0.05, 0) is 55.7 Å². The molecule has 0 aliphatic rings. The van der Waals surface area contributed by atoms with Crippen molar-refractivity contribution >= 4 is 21.6 Å². The molecule has 0 fully saturated rings. The summed E-state index contributed by atoms with van der Waals surface area (Å²) >= 11 is 5.99. The van der Waals surface area contributed by atoms with Gasteiger partial charge in [-0.25, -0.2) is 13.1 Å². The van der Waals surface area contributed by atoms with Crippen molar-refractivity contribution in [2.75, 3.05) is 13.2 Å². The van der Waals surface area contributed by atoms with Gasteiger partial charge in [0.25, 0.3) is 0 Å². The zero-order valence-electron chi connectivity index (χ0n) is 14.9. The molecule has 5 nitrogen and oxygen atoms in total. The molecule has 0 aliphatic carbocycles. The minimum Gasteiger partial charge on any atom is -0.508 e. The Morgan fingerprint density at radius 1 is 1.14 bits per heavy atom. The summed E-state index contributed by atoms with van der Waals surface area (Å²) in [6, 6.07) is 6.17. The van der Waals surface area contributed by atoms with E-state index in [0.717, 1.165) is 24.3 Å². The molecule has 0 spiro atoms. The van der Waals surface area contributed by atoms with Crippen molar-refractivity contribution in [3.8, 4) is 11.5 Å². The molecular weight excluding hydrogens is 419 g/mol. The van der Waals surface area contributed by atoms with E-state index in [1.165, 1.54) is 12.1 Å². The molecule has 0 saturated carbocycles. The number of hydrogen-bond acceptors (Lipinski definition) is 4. The maximum atomic E-state index is 12.5. The van der Waals surface area contributed by atoms with Gasteiger partial charge in [-0.3, -0.25) is 0 Å². The molecule has 0 saturated heterocycles. The van der Waals surface area contributed by atoms with Crippen LogP contribution in [0.1, 0.15) is 24.0 Å². The minimum absolute atomic E-state index is 0.0347. The lowest BCUT2D eigenvalue weighted by Crippen LogP contribution is -2.25. The Morgan fingerprint density at radius 3 is 2.36 bits per heavy atom. The Balaban J connectivity index is 1.80. The zero-order chi connectivity index (χ0) is 20.9. The fraction of sp³-hybridized carbons (Fsp3) is 0.333. The highest BCUT2D eigenvalue weighted by atomic mass is 35.5. The first-order valence-corrected chi connectivity index (χ1v) is 10.2. The summed E-state index contributed by atoms with van der Waals surface area (Å²) in [7, 11) is -3.89. The number of sulfonamides is 1. The molecule has 28 heavy (non-hydrogen) atoms. The van der Waals surface area contributed by atoms with Gasteiger partial charge in [0.1, 0.15) is 11.5 Å². The molecule has 10 heteroatoms. The number of rotatable bonds is 8. The highest BCUT2D eigenvalue weighted by Crippen LogP contribution is 2.32. The van der Waals surface area contributed by atoms with Crippen LogP contribution < -0.4 is 9.46 Å². The number of halogens is 4. The minimum atomic E-state index is -4.52. The first kappa shape index (κ1) is 22.3. The summed E-state index contributed by atoms with van der Waals surface area (Å²) in [6.07, 6.45) is -3.55. The molecule has 2 N–H and O–H groups in total. The van der Waals surface area contributed by atoms with Crippen LogP contribution in [-0.4, -0.2) is 26.7 Å². The predicted octanol–water partition coefficient (Wildman–Crippen LogP) is 4.51. The summed E-state index contributed by atoms with van der Waals surface area (Å²) in [4.78, 5) is -0.233. The Morgan fingerprint density at radius 2 is 1.79 bits per heavy atom. The van der Waals surface area contributed by atoms with Gasteiger partial charge in [-0.2, -0.15) is 13.2 Å². The van der Waals surface area contributed by atoms with Crippen LogP contribution in [0.15, 0.2) is 41.3 Å². The SMILES string of the molecule is Cc1cc(O)cc(Cl)c1OCCCCNS(=O)(=O)c1ccc(C(F)(F)F)cc1. The number of alkyl halides is 3. The van der Waals surface area contributed by atoms with E-state index in [2.05, 4.69) is 4.72 Å². The van der Waals surface area contributed by atoms with Crippen molar-refractivity contribution in [2.45, 2.75) is 30.8 Å². The summed E-state index contributed by atoms with van der Waals surface area (Å²) in [5.74, 6) is 0.484. The highest BCUT2D eigenvalue weighted by Gasteiger charge is 2.30. The summed E-state index contributed by atoms with van der Waals surface area (Å²) < 4.78 is 69.7. The van der Waals surface area contributed by atoms with Crippen LogP contribution in [-0.2, 0) is 16.2 Å². The molecule has 0 unspecified atom stereocenters. The molecule has 0 heterocycles. The van der Waals surface area contributed by atoms with Crippen LogP contribution in [0.3, 0.4) is 0 Å². The average Bonchev–Trinajstić information content (AvgIpc) is 2.59. The Hall–Kier alpha value is -1.97. The van der Waals surface area contributed by atoms with Crippen LogP contribution in [0.2, 0.25) is 5.02 Å². The lowest BCUT2D eigenvalue weighted by atomic mass is 10.2. The van der Waals surface area contributed by atoms with Crippen LogP contribution in [0.25, 0.3) is 0 Å². The molecule has 2 rings (SSSR count). The largest absolute Gasteiger partial charge is 0.508 e. The van der Waals surface area contributed by atoms with E-state index in [1.807, 2.05) is 0 Å². The fourth-order valence-corrected chi connectivity index (χ4v) is 3.80. The van der Waals surface area contributed by atoms with Gasteiger partial charge in [-0.1, -0.05) is 11.6 Å². The number of phenols is 1. The lowest BCUT2D eigenvalue weighted by Gasteiger charge is -2.12. The Labute approximate surface area is 166 Å². The van der Waals surface area contributed by atoms with Crippen LogP contribution >= 0.6 is 11.6 Å². The quantitative estimate of drug-likeness (QED) is 0.596. The second-order valence-corrected chi connectivity index (χ2v) is 8.22. The number of nitrogens with one attached hydrogen (secondary N) is 1. The van der Waals surface area contributed by atoms with E-state index < -0.39 is 21.8 Å². The van der Waals surface area contributed by atoms with Crippen molar-refractivity contribution in [3.05, 3.63) is 52.5 Å². The van der Waals surface area contributed by atoms with E-state index >= 15 is 0 Å². The maximum Gasteiger partial charge on any atom is 0.416 e. The molecule has 2 aromatic carbocycles. The van der Waals surface area contributed by atoms with Gasteiger partial charge < -0.3 is 9.84 Å². The van der Waals surface area contributed by atoms with E-state index in [4.69, 9.17) is 16.3 Å². The third-order valence-corrected chi connectivity index (χ3v) is 5.57. The molecule has 0 atom stereocenters. The predicted molar refractivity (Wildman–Crippen MR) is 99.2 cm³/mol. The van der Waals surface area contributed by atoms with E-state index in [0.29, 0.717) is 24.2 Å². The first-order valence-electron chi connectivity index (χ1n) is 8.29. The second-order valence-electron chi connectivity index (χ2n) is 6.05. The first-order chi connectivity index (χ1) is 13.0. The molecular formula is C18H19ClF3NO4S. The molecule has 0 aliphatic heterocycles. The van der Waals surface area contributed by atoms with Gasteiger partial charge in [0, 0.05) is 12.6 Å². The van der Waals surface area contributed by atoms with Crippen LogP contribution in [0.5, 0.6) is 11.5 Å². The number of ether oxygens (including phenoxy) is 1. The van der Waals surface area contributed by atoms with Crippen molar-refractivity contribution in [1.82, 2.24) is 4.72 Å². The normalized spacial score (nSPS) is 12.2. The summed E-state index contributed by atoms with van der Waals surface area (Å²) in [6.45, 7) is 2.13. The number of aryl methyl sites for hydroxylation is 1. The Bertz CT molecular complexity index is 892. The van der Waals surface area contributed by atoms with E-state index in [-0.39, 0.29) is 28.8 Å². The van der Waals surface area contributed by atoms with E-state index in [1.54, 1.807) is 6.92 Å². The molecule has 0 aromatic heterocycles. The maximum absolute atomic E-state index is 12.5. The number of benzene rings is 2. The second kappa shape index (κ2) is 9.02. The molecule has 0 amide bonds. The molecule has 2 aromatic rings. The number of phenolic OH excluding ortho intramolecular Hbond substituents is 1. The van der Waals surface area contributed by atoms with Crippen molar-refractivity contribution in [2.24, 2.45) is 0 Å². The number of hydrogen-bond donors (Lipinski definition) is 2. The van der Waals surface area contributed by atoms with Crippen LogP contribution in [0.4, 0.5) is 13.2 Å². The molecule has 154 valence electrons. The van der Waals surface area contributed by atoms with Gasteiger partial charge in [0.2, 0.25) is 10.0 Å². The fourth-order valence-electron chi connectivity index (χ4n) is 2.41. The Kier molecular flexibility index (Phi) is 7.19. The number of unbranched alkanes of at least 4 members (excludes halogenated alkanes) is 1. The van der Waals surface area contributed by atoms with Gasteiger partial charge in [0.05, 0.1) is 22.1 Å². The van der Waals surface area contributed by atoms with Crippen molar-refractivity contribution in [3.63, 3.8) is 0 Å². The van der Waals surface area contributed by atoms with Crippen LogP contribution in [0, 0.1) is 6.92 Å². The van der Waals surface area contributed by atoms with Gasteiger partial charge in [0.15, 0.2) is 0 Å². The summed E-state index contributed by atoms with van der Waals surface area (Å²) in [5, 5.41) is 9.70. The third kappa shape index (κ3) is 6.02. The summed E-state index contributed by atoms with van der Waals surface area (Å²) in [5.41, 5.74) is -0.236. The van der Waals surface area contributed by atoms with Crippen molar-refractivity contribution < 1.29 is 31.4 Å². The molecule has 0 radical (unpaired) electrons.